The number of carbonyl (C=O) groups is 1. The van der Waals surface area contributed by atoms with Crippen molar-refractivity contribution in [3.63, 3.8) is 0 Å². The van der Waals surface area contributed by atoms with Gasteiger partial charge in [-0.1, -0.05) is 34.8 Å². The first kappa shape index (κ1) is 20.8. The summed E-state index contributed by atoms with van der Waals surface area (Å²) in [6.45, 7) is -0.574. The summed E-state index contributed by atoms with van der Waals surface area (Å²) < 4.78 is 63.9. The predicted octanol–water partition coefficient (Wildman–Crippen LogP) is 3.91. The highest BCUT2D eigenvalue weighted by atomic mass is 35.5. The zero-order valence-corrected chi connectivity index (χ0v) is 15.6. The zero-order chi connectivity index (χ0) is 19.7. The SMILES string of the molecule is O=C(NS(=O)(=O)c1cc(Cl)ccc1Cl)c1ncn(CCC(F)(F)F)c1Cl. The van der Waals surface area contributed by atoms with Crippen LogP contribution in [-0.2, 0) is 16.6 Å². The molecule has 0 saturated heterocycles. The highest BCUT2D eigenvalue weighted by molar-refractivity contribution is 7.90. The van der Waals surface area contributed by atoms with Crippen molar-refractivity contribution in [2.45, 2.75) is 24.0 Å². The molecule has 1 aromatic carbocycles. The number of hydrogen-bond acceptors (Lipinski definition) is 4. The topological polar surface area (TPSA) is 81.1 Å². The number of benzene rings is 1. The van der Waals surface area contributed by atoms with E-state index in [0.29, 0.717) is 0 Å². The first-order chi connectivity index (χ1) is 11.9. The average Bonchev–Trinajstić information content (AvgIpc) is 2.87. The molecule has 13 heteroatoms. The Hall–Kier alpha value is -1.49. The number of imidazole rings is 1. The van der Waals surface area contributed by atoms with Crippen molar-refractivity contribution in [3.05, 3.63) is 45.4 Å². The number of nitrogens with zero attached hydrogens (tertiary/aromatic N) is 2. The van der Waals surface area contributed by atoms with Gasteiger partial charge in [-0.25, -0.2) is 18.1 Å². The Morgan fingerprint density at radius 3 is 2.50 bits per heavy atom. The lowest BCUT2D eigenvalue weighted by Crippen LogP contribution is -2.31. The molecule has 2 rings (SSSR count). The van der Waals surface area contributed by atoms with E-state index in [2.05, 4.69) is 4.98 Å². The van der Waals surface area contributed by atoms with E-state index in [0.717, 1.165) is 17.0 Å². The van der Waals surface area contributed by atoms with Crippen LogP contribution < -0.4 is 4.72 Å². The van der Waals surface area contributed by atoms with E-state index in [1.165, 1.54) is 12.1 Å². The quantitative estimate of drug-likeness (QED) is 0.749. The minimum absolute atomic E-state index is 0.0664. The van der Waals surface area contributed by atoms with Gasteiger partial charge in [-0.15, -0.1) is 0 Å². The van der Waals surface area contributed by atoms with Crippen molar-refractivity contribution >= 4 is 50.7 Å². The molecule has 0 aliphatic rings. The fourth-order valence-electron chi connectivity index (χ4n) is 1.83. The molecule has 0 atom stereocenters. The number of alkyl halides is 3. The van der Waals surface area contributed by atoms with E-state index in [-0.39, 0.29) is 10.0 Å². The van der Waals surface area contributed by atoms with Gasteiger partial charge in [-0.05, 0) is 18.2 Å². The van der Waals surface area contributed by atoms with Crippen LogP contribution in [-0.4, -0.2) is 30.1 Å². The highest BCUT2D eigenvalue weighted by Gasteiger charge is 2.29. The molecule has 1 heterocycles. The minimum atomic E-state index is -4.43. The van der Waals surface area contributed by atoms with Gasteiger partial charge < -0.3 is 4.57 Å². The van der Waals surface area contributed by atoms with E-state index in [9.17, 15) is 26.4 Å². The van der Waals surface area contributed by atoms with Gasteiger partial charge in [0.15, 0.2) is 5.69 Å². The number of hydrogen-bond donors (Lipinski definition) is 1. The molecule has 1 aromatic heterocycles. The van der Waals surface area contributed by atoms with E-state index in [1.807, 2.05) is 0 Å². The molecule has 0 unspecified atom stereocenters. The summed E-state index contributed by atoms with van der Waals surface area (Å²) in [7, 11) is -4.41. The molecule has 0 fully saturated rings. The summed E-state index contributed by atoms with van der Waals surface area (Å²) in [5, 5.41) is -0.549. The molecule has 1 N–H and O–H groups in total. The van der Waals surface area contributed by atoms with Gasteiger partial charge in [0.1, 0.15) is 10.0 Å². The van der Waals surface area contributed by atoms with Crippen molar-refractivity contribution in [2.24, 2.45) is 0 Å². The summed E-state index contributed by atoms with van der Waals surface area (Å²) in [5.41, 5.74) is -0.546. The number of rotatable bonds is 5. The number of sulfonamides is 1. The number of amides is 1. The van der Waals surface area contributed by atoms with Crippen molar-refractivity contribution in [3.8, 4) is 0 Å². The summed E-state index contributed by atoms with van der Waals surface area (Å²) in [6, 6.07) is 3.61. The molecular weight excluding hydrogens is 442 g/mol. The van der Waals surface area contributed by atoms with Crippen LogP contribution in [0, 0.1) is 0 Å². The van der Waals surface area contributed by atoms with Crippen LogP contribution in [0.1, 0.15) is 16.9 Å². The number of halogens is 6. The van der Waals surface area contributed by atoms with Crippen LogP contribution >= 0.6 is 34.8 Å². The van der Waals surface area contributed by atoms with Crippen LogP contribution in [0.25, 0.3) is 0 Å². The highest BCUT2D eigenvalue weighted by Crippen LogP contribution is 2.26. The van der Waals surface area contributed by atoms with Crippen LogP contribution in [0.4, 0.5) is 13.2 Å². The average molecular weight is 451 g/mol. The molecular formula is C13H9Cl3F3N3O3S. The van der Waals surface area contributed by atoms with Crippen molar-refractivity contribution in [1.29, 1.82) is 0 Å². The van der Waals surface area contributed by atoms with Gasteiger partial charge >= 0.3 is 6.18 Å². The van der Waals surface area contributed by atoms with Crippen LogP contribution in [0.5, 0.6) is 0 Å². The molecule has 1 amide bonds. The third-order valence-electron chi connectivity index (χ3n) is 3.03. The summed E-state index contributed by atoms with van der Waals surface area (Å²) in [6.07, 6.45) is -4.72. The molecule has 0 radical (unpaired) electrons. The van der Waals surface area contributed by atoms with Crippen LogP contribution in [0.3, 0.4) is 0 Å². The van der Waals surface area contributed by atoms with Gasteiger partial charge in [-0.2, -0.15) is 13.2 Å². The molecule has 6 nitrogen and oxygen atoms in total. The van der Waals surface area contributed by atoms with E-state index in [1.54, 1.807) is 4.72 Å². The summed E-state index contributed by atoms with van der Waals surface area (Å²) >= 11 is 17.3. The van der Waals surface area contributed by atoms with Gasteiger partial charge in [0.2, 0.25) is 0 Å². The Balaban J connectivity index is 2.22. The van der Waals surface area contributed by atoms with Gasteiger partial charge in [0, 0.05) is 11.6 Å². The second kappa shape index (κ2) is 7.63. The molecule has 0 spiro atoms. The van der Waals surface area contributed by atoms with E-state index >= 15 is 0 Å². The smallest absolute Gasteiger partial charge is 0.321 e. The first-order valence-electron chi connectivity index (χ1n) is 6.70. The lowest BCUT2D eigenvalue weighted by Gasteiger charge is -2.09. The van der Waals surface area contributed by atoms with Crippen molar-refractivity contribution < 1.29 is 26.4 Å². The molecule has 2 aromatic rings. The number of nitrogens with one attached hydrogen (secondary N) is 1. The van der Waals surface area contributed by atoms with Gasteiger partial charge in [-0.3, -0.25) is 4.79 Å². The Morgan fingerprint density at radius 1 is 1.23 bits per heavy atom. The lowest BCUT2D eigenvalue weighted by molar-refractivity contribution is -0.136. The Labute approximate surface area is 160 Å². The second-order valence-corrected chi connectivity index (χ2v) is 7.80. The maximum Gasteiger partial charge on any atom is 0.390 e. The Morgan fingerprint density at radius 2 is 1.88 bits per heavy atom. The van der Waals surface area contributed by atoms with Gasteiger partial charge in [0.25, 0.3) is 15.9 Å². The van der Waals surface area contributed by atoms with Crippen molar-refractivity contribution in [2.75, 3.05) is 0 Å². The fourth-order valence-corrected chi connectivity index (χ4v) is 3.81. The number of aryl methyl sites for hydroxylation is 1. The fraction of sp³-hybridized carbons (Fsp3) is 0.231. The maximum atomic E-state index is 12.3. The monoisotopic (exact) mass is 449 g/mol. The molecule has 0 bridgehead atoms. The Bertz CT molecular complexity index is 945. The summed E-state index contributed by atoms with van der Waals surface area (Å²) in [4.78, 5) is 15.2. The number of aromatic nitrogens is 2. The first-order valence-corrected chi connectivity index (χ1v) is 9.32. The minimum Gasteiger partial charge on any atom is -0.321 e. The maximum absolute atomic E-state index is 12.3. The zero-order valence-electron chi connectivity index (χ0n) is 12.5. The molecule has 142 valence electrons. The predicted molar refractivity (Wildman–Crippen MR) is 89.0 cm³/mol. The molecule has 0 aliphatic carbocycles. The standard InChI is InChI=1S/C13H9Cl3F3N3O3S/c14-7-1-2-8(15)9(5-7)26(24,25)21-12(23)10-11(16)22(6-20-10)4-3-13(17,18)19/h1-2,5-6H,3-4H2,(H,21,23). The third kappa shape index (κ3) is 5.03. The molecule has 0 aliphatic heterocycles. The third-order valence-corrected chi connectivity index (χ3v) is 5.48. The van der Waals surface area contributed by atoms with Crippen LogP contribution in [0.15, 0.2) is 29.4 Å². The number of carbonyl (C=O) groups excluding carboxylic acids is 1. The van der Waals surface area contributed by atoms with E-state index in [4.69, 9.17) is 34.8 Å². The largest absolute Gasteiger partial charge is 0.390 e. The lowest BCUT2D eigenvalue weighted by atomic mass is 10.4. The normalized spacial score (nSPS) is 12.2. The Kier molecular flexibility index (Phi) is 6.11. The molecule has 0 saturated carbocycles. The van der Waals surface area contributed by atoms with E-state index < -0.39 is 50.8 Å². The van der Waals surface area contributed by atoms with Crippen LogP contribution in [0.2, 0.25) is 15.2 Å². The second-order valence-electron chi connectivity index (χ2n) is 4.95. The summed E-state index contributed by atoms with van der Waals surface area (Å²) in [5.74, 6) is -1.23. The van der Waals surface area contributed by atoms with Gasteiger partial charge in [0.05, 0.1) is 17.8 Å². The molecule has 26 heavy (non-hydrogen) atoms. The van der Waals surface area contributed by atoms with Crippen molar-refractivity contribution in [1.82, 2.24) is 14.3 Å².